The van der Waals surface area contributed by atoms with Gasteiger partial charge in [-0.05, 0) is 51.3 Å². The van der Waals surface area contributed by atoms with E-state index in [0.29, 0.717) is 12.1 Å². The van der Waals surface area contributed by atoms with Gasteiger partial charge in [-0.15, -0.1) is 11.3 Å². The van der Waals surface area contributed by atoms with Crippen LogP contribution in [0.3, 0.4) is 0 Å². The Hall–Kier alpha value is -0.380. The zero-order valence-corrected chi connectivity index (χ0v) is 12.4. The van der Waals surface area contributed by atoms with E-state index in [2.05, 4.69) is 55.5 Å². The van der Waals surface area contributed by atoms with Crippen molar-refractivity contribution in [2.24, 2.45) is 0 Å². The molecule has 0 radical (unpaired) electrons. The van der Waals surface area contributed by atoms with E-state index in [1.54, 1.807) is 0 Å². The third-order valence-corrected chi connectivity index (χ3v) is 3.97. The molecule has 0 aliphatic rings. The molecule has 2 nitrogen and oxygen atoms in total. The first-order chi connectivity index (χ1) is 8.09. The van der Waals surface area contributed by atoms with Crippen LogP contribution in [0.2, 0.25) is 0 Å². The van der Waals surface area contributed by atoms with Gasteiger partial charge in [0.2, 0.25) is 0 Å². The Balaban J connectivity index is 2.16. The third kappa shape index (κ3) is 6.20. The van der Waals surface area contributed by atoms with Crippen LogP contribution in [0.15, 0.2) is 17.5 Å². The Kier molecular flexibility index (Phi) is 6.78. The molecule has 0 saturated heterocycles. The van der Waals surface area contributed by atoms with Crippen molar-refractivity contribution in [1.82, 2.24) is 10.2 Å². The molecule has 3 heteroatoms. The molecule has 0 aromatic carbocycles. The molecule has 98 valence electrons. The van der Waals surface area contributed by atoms with Crippen molar-refractivity contribution in [3.05, 3.63) is 22.4 Å². The predicted octanol–water partition coefficient (Wildman–Crippen LogP) is 3.00. The van der Waals surface area contributed by atoms with Gasteiger partial charge in [0.25, 0.3) is 0 Å². The molecule has 1 atom stereocenters. The van der Waals surface area contributed by atoms with E-state index < -0.39 is 0 Å². The molecule has 0 bridgehead atoms. The lowest BCUT2D eigenvalue weighted by Crippen LogP contribution is -2.34. The third-order valence-electron chi connectivity index (χ3n) is 3.07. The summed E-state index contributed by atoms with van der Waals surface area (Å²) in [4.78, 5) is 3.95. The van der Waals surface area contributed by atoms with Gasteiger partial charge in [-0.3, -0.25) is 0 Å². The second kappa shape index (κ2) is 7.85. The van der Waals surface area contributed by atoms with Gasteiger partial charge in [0, 0.05) is 17.0 Å². The van der Waals surface area contributed by atoms with Gasteiger partial charge in [0.1, 0.15) is 0 Å². The molecule has 0 fully saturated rings. The lowest BCUT2D eigenvalue weighted by Gasteiger charge is -2.24. The van der Waals surface area contributed by atoms with Gasteiger partial charge < -0.3 is 10.2 Å². The van der Waals surface area contributed by atoms with Gasteiger partial charge in [-0.1, -0.05) is 19.9 Å². The van der Waals surface area contributed by atoms with E-state index in [0.717, 1.165) is 6.54 Å². The molecule has 0 saturated carbocycles. The maximum Gasteiger partial charge on any atom is 0.0112 e. The number of rotatable bonds is 8. The van der Waals surface area contributed by atoms with Crippen molar-refractivity contribution < 1.29 is 0 Å². The van der Waals surface area contributed by atoms with Crippen LogP contribution in [-0.4, -0.2) is 37.1 Å². The van der Waals surface area contributed by atoms with Crippen molar-refractivity contribution >= 4 is 11.3 Å². The fourth-order valence-electron chi connectivity index (χ4n) is 1.82. The molecule has 17 heavy (non-hydrogen) atoms. The summed E-state index contributed by atoms with van der Waals surface area (Å²) < 4.78 is 0. The summed E-state index contributed by atoms with van der Waals surface area (Å²) in [7, 11) is 2.23. The SMILES string of the molecule is CC(C)NCCCN(C)C(C)Cc1cccs1. The first-order valence-corrected chi connectivity index (χ1v) is 7.43. The molecular weight excluding hydrogens is 228 g/mol. The molecule has 1 unspecified atom stereocenters. The number of nitrogens with zero attached hydrogens (tertiary/aromatic N) is 1. The van der Waals surface area contributed by atoms with E-state index in [1.807, 2.05) is 11.3 Å². The first kappa shape index (κ1) is 14.7. The molecular formula is C14H26N2S. The fourth-order valence-corrected chi connectivity index (χ4v) is 2.64. The lowest BCUT2D eigenvalue weighted by molar-refractivity contribution is 0.252. The van der Waals surface area contributed by atoms with Crippen LogP contribution in [-0.2, 0) is 6.42 Å². The topological polar surface area (TPSA) is 15.3 Å². The molecule has 1 aromatic rings. The van der Waals surface area contributed by atoms with Gasteiger partial charge in [-0.25, -0.2) is 0 Å². The minimum Gasteiger partial charge on any atom is -0.314 e. The number of hydrogen-bond donors (Lipinski definition) is 1. The summed E-state index contributed by atoms with van der Waals surface area (Å²) in [5, 5.41) is 5.62. The Morgan fingerprint density at radius 1 is 1.35 bits per heavy atom. The largest absolute Gasteiger partial charge is 0.314 e. The summed E-state index contributed by atoms with van der Waals surface area (Å²) in [5.41, 5.74) is 0. The minimum atomic E-state index is 0.601. The molecule has 1 N–H and O–H groups in total. The van der Waals surface area contributed by atoms with E-state index in [9.17, 15) is 0 Å². The van der Waals surface area contributed by atoms with Crippen molar-refractivity contribution in [2.45, 2.75) is 45.7 Å². The summed E-state index contributed by atoms with van der Waals surface area (Å²) in [6.45, 7) is 9.00. The zero-order valence-electron chi connectivity index (χ0n) is 11.6. The molecule has 0 amide bonds. The van der Waals surface area contributed by atoms with Crippen LogP contribution >= 0.6 is 11.3 Å². The molecule has 1 aromatic heterocycles. The van der Waals surface area contributed by atoms with Crippen molar-refractivity contribution in [3.63, 3.8) is 0 Å². The fraction of sp³-hybridized carbons (Fsp3) is 0.714. The van der Waals surface area contributed by atoms with Crippen molar-refractivity contribution in [1.29, 1.82) is 0 Å². The second-order valence-electron chi connectivity index (χ2n) is 5.08. The maximum atomic E-state index is 3.46. The van der Waals surface area contributed by atoms with E-state index in [4.69, 9.17) is 0 Å². The van der Waals surface area contributed by atoms with Crippen LogP contribution in [0, 0.1) is 0 Å². The number of likely N-dealkylation sites (N-methyl/N-ethyl adjacent to an activating group) is 1. The highest BCUT2D eigenvalue weighted by atomic mass is 32.1. The average Bonchev–Trinajstić information content (AvgIpc) is 2.76. The Bertz CT molecular complexity index is 282. The molecule has 1 heterocycles. The Morgan fingerprint density at radius 3 is 2.71 bits per heavy atom. The first-order valence-electron chi connectivity index (χ1n) is 6.55. The second-order valence-corrected chi connectivity index (χ2v) is 6.11. The highest BCUT2D eigenvalue weighted by molar-refractivity contribution is 7.09. The maximum absolute atomic E-state index is 3.46. The van der Waals surface area contributed by atoms with Gasteiger partial charge in [-0.2, -0.15) is 0 Å². The van der Waals surface area contributed by atoms with Crippen molar-refractivity contribution in [2.75, 3.05) is 20.1 Å². The number of nitrogens with one attached hydrogen (secondary N) is 1. The zero-order chi connectivity index (χ0) is 12.7. The Labute approximate surface area is 110 Å². The molecule has 0 spiro atoms. The smallest absolute Gasteiger partial charge is 0.0112 e. The quantitative estimate of drug-likeness (QED) is 0.718. The number of thiophene rings is 1. The minimum absolute atomic E-state index is 0.601. The summed E-state index contributed by atoms with van der Waals surface area (Å²) in [5.74, 6) is 0. The van der Waals surface area contributed by atoms with E-state index in [1.165, 1.54) is 24.3 Å². The van der Waals surface area contributed by atoms with Crippen LogP contribution < -0.4 is 5.32 Å². The highest BCUT2D eigenvalue weighted by Crippen LogP contribution is 2.13. The van der Waals surface area contributed by atoms with Crippen LogP contribution in [0.1, 0.15) is 32.1 Å². The monoisotopic (exact) mass is 254 g/mol. The summed E-state index contributed by atoms with van der Waals surface area (Å²) >= 11 is 1.86. The van der Waals surface area contributed by atoms with Gasteiger partial charge >= 0.3 is 0 Å². The van der Waals surface area contributed by atoms with Crippen LogP contribution in [0.25, 0.3) is 0 Å². The normalized spacial score (nSPS) is 13.5. The molecule has 1 rings (SSSR count). The highest BCUT2D eigenvalue weighted by Gasteiger charge is 2.09. The van der Waals surface area contributed by atoms with Crippen LogP contribution in [0.4, 0.5) is 0 Å². The van der Waals surface area contributed by atoms with Crippen LogP contribution in [0.5, 0.6) is 0 Å². The standard InChI is InChI=1S/C14H26N2S/c1-12(2)15-8-6-9-16(4)13(3)11-14-7-5-10-17-14/h5,7,10,12-13,15H,6,8-9,11H2,1-4H3. The van der Waals surface area contributed by atoms with Crippen molar-refractivity contribution in [3.8, 4) is 0 Å². The summed E-state index contributed by atoms with van der Waals surface area (Å²) in [6.07, 6.45) is 2.40. The summed E-state index contributed by atoms with van der Waals surface area (Å²) in [6, 6.07) is 5.60. The van der Waals surface area contributed by atoms with Gasteiger partial charge in [0.05, 0.1) is 0 Å². The predicted molar refractivity (Wildman–Crippen MR) is 77.9 cm³/mol. The Morgan fingerprint density at radius 2 is 2.12 bits per heavy atom. The number of hydrogen-bond acceptors (Lipinski definition) is 3. The molecule has 0 aliphatic carbocycles. The van der Waals surface area contributed by atoms with Gasteiger partial charge in [0.15, 0.2) is 0 Å². The van der Waals surface area contributed by atoms with E-state index >= 15 is 0 Å². The molecule has 0 aliphatic heterocycles. The van der Waals surface area contributed by atoms with E-state index in [-0.39, 0.29) is 0 Å². The average molecular weight is 254 g/mol. The lowest BCUT2D eigenvalue weighted by atomic mass is 10.2.